The van der Waals surface area contributed by atoms with Gasteiger partial charge in [0.1, 0.15) is 5.75 Å². The van der Waals surface area contributed by atoms with Crippen LogP contribution in [0, 0.1) is 0 Å². The maximum absolute atomic E-state index is 11.9. The molecule has 0 spiro atoms. The van der Waals surface area contributed by atoms with Crippen LogP contribution in [0.25, 0.3) is 0 Å². The number of nitrogens with zero attached hydrogens (tertiary/aromatic N) is 1. The minimum Gasteiger partial charge on any atom is -0.494 e. The lowest BCUT2D eigenvalue weighted by Gasteiger charge is -2.06. The van der Waals surface area contributed by atoms with Gasteiger partial charge < -0.3 is 15.4 Å². The van der Waals surface area contributed by atoms with Crippen LogP contribution in [0.4, 0.5) is 10.8 Å². The Labute approximate surface area is 122 Å². The molecule has 0 aliphatic heterocycles. The molecule has 0 bridgehead atoms. The van der Waals surface area contributed by atoms with Gasteiger partial charge in [-0.3, -0.25) is 4.79 Å². The fourth-order valence-electron chi connectivity index (χ4n) is 1.67. The third-order valence-corrected chi connectivity index (χ3v) is 3.46. The average Bonchev–Trinajstić information content (AvgIpc) is 2.89. The predicted molar refractivity (Wildman–Crippen MR) is 81.6 cm³/mol. The quantitative estimate of drug-likeness (QED) is 0.859. The second-order valence-corrected chi connectivity index (χ2v) is 4.93. The van der Waals surface area contributed by atoms with Gasteiger partial charge in [0.25, 0.3) is 0 Å². The zero-order valence-electron chi connectivity index (χ0n) is 11.5. The van der Waals surface area contributed by atoms with E-state index in [1.54, 1.807) is 0 Å². The highest BCUT2D eigenvalue weighted by Gasteiger charge is 2.07. The Kier molecular flexibility index (Phi) is 4.95. The summed E-state index contributed by atoms with van der Waals surface area (Å²) in [5.74, 6) is 0.714. The first kappa shape index (κ1) is 14.3. The van der Waals surface area contributed by atoms with Crippen LogP contribution in [0.2, 0.25) is 0 Å². The first-order valence-electron chi connectivity index (χ1n) is 6.36. The van der Waals surface area contributed by atoms with Gasteiger partial charge in [0.2, 0.25) is 5.91 Å². The molecule has 0 unspecified atom stereocenters. The van der Waals surface area contributed by atoms with E-state index < -0.39 is 0 Å². The summed E-state index contributed by atoms with van der Waals surface area (Å²) in [6, 6.07) is 7.31. The second-order valence-electron chi connectivity index (χ2n) is 4.08. The molecule has 0 atom stereocenters. The topological polar surface area (TPSA) is 63.2 Å². The van der Waals surface area contributed by atoms with Crippen molar-refractivity contribution in [1.82, 2.24) is 4.98 Å². The fraction of sp³-hybridized carbons (Fsp3) is 0.286. The van der Waals surface area contributed by atoms with Crippen molar-refractivity contribution < 1.29 is 9.53 Å². The molecule has 1 heterocycles. The maximum Gasteiger partial charge on any atom is 0.230 e. The molecule has 2 aromatic rings. The van der Waals surface area contributed by atoms with Crippen molar-refractivity contribution >= 4 is 28.1 Å². The van der Waals surface area contributed by atoms with Crippen molar-refractivity contribution in [3.63, 3.8) is 0 Å². The summed E-state index contributed by atoms with van der Waals surface area (Å²) in [7, 11) is 1.81. The van der Waals surface area contributed by atoms with Crippen LogP contribution in [-0.4, -0.2) is 24.5 Å². The lowest BCUT2D eigenvalue weighted by atomic mass is 10.2. The van der Waals surface area contributed by atoms with Gasteiger partial charge in [-0.05, 0) is 31.2 Å². The lowest BCUT2D eigenvalue weighted by molar-refractivity contribution is -0.115. The molecule has 0 saturated heterocycles. The highest BCUT2D eigenvalue weighted by molar-refractivity contribution is 7.13. The molecule has 2 N–H and O–H groups in total. The number of ether oxygens (including phenoxy) is 1. The van der Waals surface area contributed by atoms with Crippen molar-refractivity contribution in [3.8, 4) is 5.75 Å². The largest absolute Gasteiger partial charge is 0.494 e. The van der Waals surface area contributed by atoms with E-state index >= 15 is 0 Å². The van der Waals surface area contributed by atoms with Crippen molar-refractivity contribution in [3.05, 3.63) is 35.3 Å². The molecule has 0 aliphatic rings. The standard InChI is InChI=1S/C14H17N3O2S/c1-3-19-12-6-4-10(5-7-12)16-13(18)8-11-9-20-14(15-2)17-11/h4-7,9H,3,8H2,1-2H3,(H,15,17)(H,16,18). The van der Waals surface area contributed by atoms with Gasteiger partial charge in [0.05, 0.1) is 18.7 Å². The van der Waals surface area contributed by atoms with Crippen LogP contribution >= 0.6 is 11.3 Å². The number of benzene rings is 1. The molecule has 0 saturated carbocycles. The fourth-order valence-corrected chi connectivity index (χ4v) is 2.35. The minimum absolute atomic E-state index is 0.0814. The van der Waals surface area contributed by atoms with Crippen LogP contribution < -0.4 is 15.4 Å². The number of hydrogen-bond acceptors (Lipinski definition) is 5. The number of carbonyl (C=O) groups is 1. The Morgan fingerprint density at radius 3 is 2.70 bits per heavy atom. The van der Waals surface area contributed by atoms with Crippen molar-refractivity contribution in [1.29, 1.82) is 0 Å². The van der Waals surface area contributed by atoms with Crippen LogP contribution in [0.3, 0.4) is 0 Å². The average molecular weight is 291 g/mol. The molecule has 0 fully saturated rings. The van der Waals surface area contributed by atoms with Crippen LogP contribution in [0.15, 0.2) is 29.6 Å². The van der Waals surface area contributed by atoms with Gasteiger partial charge >= 0.3 is 0 Å². The molecule has 5 nitrogen and oxygen atoms in total. The molecule has 2 rings (SSSR count). The third kappa shape index (κ3) is 3.96. The van der Waals surface area contributed by atoms with Gasteiger partial charge in [0, 0.05) is 18.1 Å². The van der Waals surface area contributed by atoms with E-state index in [0.717, 1.165) is 22.3 Å². The van der Waals surface area contributed by atoms with Crippen molar-refractivity contribution in [2.24, 2.45) is 0 Å². The normalized spacial score (nSPS) is 10.1. The third-order valence-electron chi connectivity index (χ3n) is 2.56. The molecule has 6 heteroatoms. The van der Waals surface area contributed by atoms with Gasteiger partial charge in [-0.1, -0.05) is 0 Å². The summed E-state index contributed by atoms with van der Waals surface area (Å²) in [6.07, 6.45) is 0.269. The summed E-state index contributed by atoms with van der Waals surface area (Å²) in [5, 5.41) is 8.48. The molecule has 20 heavy (non-hydrogen) atoms. The SMILES string of the molecule is CCOc1ccc(NC(=O)Cc2csc(NC)n2)cc1. The number of anilines is 2. The Hall–Kier alpha value is -2.08. The smallest absolute Gasteiger partial charge is 0.230 e. The monoisotopic (exact) mass is 291 g/mol. The van der Waals surface area contributed by atoms with E-state index in [4.69, 9.17) is 4.74 Å². The molecule has 1 aromatic carbocycles. The number of amides is 1. The number of thiazole rings is 1. The Balaban J connectivity index is 1.90. The van der Waals surface area contributed by atoms with E-state index in [0.29, 0.717) is 6.61 Å². The number of hydrogen-bond donors (Lipinski definition) is 2. The zero-order valence-corrected chi connectivity index (χ0v) is 12.3. The number of rotatable bonds is 6. The summed E-state index contributed by atoms with van der Waals surface area (Å²) in [4.78, 5) is 16.2. The number of aromatic nitrogens is 1. The molecule has 106 valence electrons. The zero-order chi connectivity index (χ0) is 14.4. The molecular formula is C14H17N3O2S. The van der Waals surface area contributed by atoms with E-state index in [2.05, 4.69) is 15.6 Å². The van der Waals surface area contributed by atoms with Gasteiger partial charge in [-0.25, -0.2) is 4.98 Å². The summed E-state index contributed by atoms with van der Waals surface area (Å²) in [5.41, 5.74) is 1.52. The lowest BCUT2D eigenvalue weighted by Crippen LogP contribution is -2.14. The van der Waals surface area contributed by atoms with E-state index in [1.165, 1.54) is 11.3 Å². The molecule has 0 aliphatic carbocycles. The number of nitrogens with one attached hydrogen (secondary N) is 2. The number of carbonyl (C=O) groups excluding carboxylic acids is 1. The summed E-state index contributed by atoms with van der Waals surface area (Å²) >= 11 is 1.49. The first-order chi connectivity index (χ1) is 9.71. The molecular weight excluding hydrogens is 274 g/mol. The van der Waals surface area contributed by atoms with E-state index in [-0.39, 0.29) is 12.3 Å². The maximum atomic E-state index is 11.9. The van der Waals surface area contributed by atoms with E-state index in [1.807, 2.05) is 43.6 Å². The van der Waals surface area contributed by atoms with Crippen molar-refractivity contribution in [2.45, 2.75) is 13.3 Å². The summed E-state index contributed by atoms with van der Waals surface area (Å²) in [6.45, 7) is 2.56. The van der Waals surface area contributed by atoms with Crippen LogP contribution in [0.1, 0.15) is 12.6 Å². The van der Waals surface area contributed by atoms with Gasteiger partial charge in [0.15, 0.2) is 5.13 Å². The first-order valence-corrected chi connectivity index (χ1v) is 7.24. The molecule has 0 radical (unpaired) electrons. The molecule has 1 amide bonds. The van der Waals surface area contributed by atoms with Crippen LogP contribution in [-0.2, 0) is 11.2 Å². The van der Waals surface area contributed by atoms with Crippen molar-refractivity contribution in [2.75, 3.05) is 24.3 Å². The highest BCUT2D eigenvalue weighted by atomic mass is 32.1. The summed E-state index contributed by atoms with van der Waals surface area (Å²) < 4.78 is 5.35. The predicted octanol–water partition coefficient (Wildman–Crippen LogP) is 2.76. The Morgan fingerprint density at radius 2 is 2.10 bits per heavy atom. The van der Waals surface area contributed by atoms with Crippen LogP contribution in [0.5, 0.6) is 5.75 Å². The van der Waals surface area contributed by atoms with E-state index in [9.17, 15) is 4.79 Å². The Morgan fingerprint density at radius 1 is 1.35 bits per heavy atom. The highest BCUT2D eigenvalue weighted by Crippen LogP contribution is 2.17. The molecule has 1 aromatic heterocycles. The minimum atomic E-state index is -0.0814. The van der Waals surface area contributed by atoms with Gasteiger partial charge in [-0.15, -0.1) is 11.3 Å². The second kappa shape index (κ2) is 6.91. The Bertz CT molecular complexity index is 566. The van der Waals surface area contributed by atoms with Gasteiger partial charge in [-0.2, -0.15) is 0 Å².